The SMILES string of the molecule is O=C(CN1C(=O)[C@H]2CCCC[C@H]2C1=O)NC[C@@H]1CCN(c2cccc(Br)c2)C1. The maximum absolute atomic E-state index is 12.5. The van der Waals surface area contributed by atoms with Gasteiger partial charge in [0.25, 0.3) is 0 Å². The van der Waals surface area contributed by atoms with Gasteiger partial charge in [0.05, 0.1) is 11.8 Å². The molecule has 28 heavy (non-hydrogen) atoms. The summed E-state index contributed by atoms with van der Waals surface area (Å²) < 4.78 is 1.06. The van der Waals surface area contributed by atoms with E-state index >= 15 is 0 Å². The fourth-order valence-corrected chi connectivity index (χ4v) is 5.14. The maximum atomic E-state index is 12.5. The van der Waals surface area contributed by atoms with Gasteiger partial charge in [0.1, 0.15) is 6.54 Å². The second-order valence-corrected chi connectivity index (χ2v) is 9.06. The van der Waals surface area contributed by atoms with Crippen LogP contribution in [0.15, 0.2) is 28.7 Å². The van der Waals surface area contributed by atoms with Crippen molar-refractivity contribution in [3.8, 4) is 0 Å². The topological polar surface area (TPSA) is 69.7 Å². The van der Waals surface area contributed by atoms with Gasteiger partial charge in [-0.1, -0.05) is 34.8 Å². The fraction of sp³-hybridized carbons (Fsp3) is 0.571. The van der Waals surface area contributed by atoms with Gasteiger partial charge < -0.3 is 10.2 Å². The quantitative estimate of drug-likeness (QED) is 0.704. The van der Waals surface area contributed by atoms with Crippen molar-refractivity contribution in [2.24, 2.45) is 17.8 Å². The maximum Gasteiger partial charge on any atom is 0.240 e. The van der Waals surface area contributed by atoms with Crippen molar-refractivity contribution in [3.05, 3.63) is 28.7 Å². The van der Waals surface area contributed by atoms with Gasteiger partial charge in [-0.3, -0.25) is 19.3 Å². The van der Waals surface area contributed by atoms with Crippen LogP contribution in [0.5, 0.6) is 0 Å². The number of nitrogens with one attached hydrogen (secondary N) is 1. The van der Waals surface area contributed by atoms with Gasteiger partial charge in [-0.15, -0.1) is 0 Å². The highest BCUT2D eigenvalue weighted by molar-refractivity contribution is 9.10. The molecule has 0 spiro atoms. The van der Waals surface area contributed by atoms with E-state index in [1.54, 1.807) is 0 Å². The predicted octanol–water partition coefficient (Wildman–Crippen LogP) is 2.57. The van der Waals surface area contributed by atoms with E-state index in [-0.39, 0.29) is 36.1 Å². The molecule has 1 aliphatic carbocycles. The Bertz CT molecular complexity index is 760. The first-order valence-electron chi connectivity index (χ1n) is 10.2. The molecule has 3 fully saturated rings. The van der Waals surface area contributed by atoms with Crippen molar-refractivity contribution in [1.82, 2.24) is 10.2 Å². The number of carbonyl (C=O) groups is 3. The third-order valence-electron chi connectivity index (χ3n) is 6.28. The van der Waals surface area contributed by atoms with Gasteiger partial charge in [-0.25, -0.2) is 0 Å². The summed E-state index contributed by atoms with van der Waals surface area (Å²) in [7, 11) is 0. The Morgan fingerprint density at radius 1 is 1.11 bits per heavy atom. The zero-order chi connectivity index (χ0) is 19.7. The molecule has 1 saturated carbocycles. The average Bonchev–Trinajstić information content (AvgIpc) is 3.26. The molecule has 3 amide bonds. The number of carbonyl (C=O) groups excluding carboxylic acids is 3. The summed E-state index contributed by atoms with van der Waals surface area (Å²) in [5, 5.41) is 2.94. The molecule has 150 valence electrons. The fourth-order valence-electron chi connectivity index (χ4n) is 4.75. The van der Waals surface area contributed by atoms with Gasteiger partial charge in [0, 0.05) is 29.8 Å². The summed E-state index contributed by atoms with van der Waals surface area (Å²) in [6, 6.07) is 8.23. The van der Waals surface area contributed by atoms with Crippen molar-refractivity contribution in [1.29, 1.82) is 0 Å². The molecule has 0 unspecified atom stereocenters. The number of amides is 3. The summed E-state index contributed by atoms with van der Waals surface area (Å²) >= 11 is 3.50. The minimum atomic E-state index is -0.235. The molecule has 3 aliphatic rings. The van der Waals surface area contributed by atoms with E-state index in [1.807, 2.05) is 12.1 Å². The Kier molecular flexibility index (Phi) is 5.71. The summed E-state index contributed by atoms with van der Waals surface area (Å²) in [5.74, 6) is -0.542. The highest BCUT2D eigenvalue weighted by atomic mass is 79.9. The van der Waals surface area contributed by atoms with Crippen molar-refractivity contribution in [2.45, 2.75) is 32.1 Å². The van der Waals surface area contributed by atoms with E-state index in [4.69, 9.17) is 0 Å². The van der Waals surface area contributed by atoms with Crippen LogP contribution in [0.4, 0.5) is 5.69 Å². The van der Waals surface area contributed by atoms with Crippen LogP contribution < -0.4 is 10.2 Å². The number of halogens is 1. The largest absolute Gasteiger partial charge is 0.371 e. The predicted molar refractivity (Wildman–Crippen MR) is 110 cm³/mol. The third-order valence-corrected chi connectivity index (χ3v) is 6.77. The molecule has 2 heterocycles. The Hall–Kier alpha value is -1.89. The summed E-state index contributed by atoms with van der Waals surface area (Å²) in [6.45, 7) is 2.30. The molecule has 0 bridgehead atoms. The lowest BCUT2D eigenvalue weighted by Crippen LogP contribution is -2.42. The van der Waals surface area contributed by atoms with Gasteiger partial charge in [-0.2, -0.15) is 0 Å². The van der Waals surface area contributed by atoms with Crippen LogP contribution in [0.1, 0.15) is 32.1 Å². The highest BCUT2D eigenvalue weighted by Crippen LogP contribution is 2.37. The first kappa shape index (κ1) is 19.4. The number of fused-ring (bicyclic) bond motifs is 1. The van der Waals surface area contributed by atoms with Crippen molar-refractivity contribution >= 4 is 39.3 Å². The van der Waals surface area contributed by atoms with Gasteiger partial charge in [0.15, 0.2) is 0 Å². The Morgan fingerprint density at radius 2 is 1.82 bits per heavy atom. The van der Waals surface area contributed by atoms with Crippen LogP contribution >= 0.6 is 15.9 Å². The lowest BCUT2D eigenvalue weighted by Gasteiger charge is -2.19. The van der Waals surface area contributed by atoms with E-state index in [0.29, 0.717) is 12.5 Å². The van der Waals surface area contributed by atoms with Crippen molar-refractivity contribution in [2.75, 3.05) is 31.1 Å². The minimum Gasteiger partial charge on any atom is -0.371 e. The highest BCUT2D eigenvalue weighted by Gasteiger charge is 2.48. The number of hydrogen-bond acceptors (Lipinski definition) is 4. The monoisotopic (exact) mass is 447 g/mol. The molecule has 2 saturated heterocycles. The number of hydrogen-bond donors (Lipinski definition) is 1. The number of likely N-dealkylation sites (tertiary alicyclic amines) is 1. The molecule has 0 radical (unpaired) electrons. The second-order valence-electron chi connectivity index (χ2n) is 8.14. The number of anilines is 1. The molecular weight excluding hydrogens is 422 g/mol. The zero-order valence-corrected chi connectivity index (χ0v) is 17.5. The molecule has 3 atom stereocenters. The molecule has 2 aliphatic heterocycles. The van der Waals surface area contributed by atoms with Crippen LogP contribution in [0.25, 0.3) is 0 Å². The first-order valence-corrected chi connectivity index (χ1v) is 10.9. The molecular formula is C21H26BrN3O3. The van der Waals surface area contributed by atoms with Crippen molar-refractivity contribution in [3.63, 3.8) is 0 Å². The van der Waals surface area contributed by atoms with Gasteiger partial charge >= 0.3 is 0 Å². The number of nitrogens with zero attached hydrogens (tertiary/aromatic N) is 2. The van der Waals surface area contributed by atoms with E-state index in [1.165, 1.54) is 10.6 Å². The zero-order valence-electron chi connectivity index (χ0n) is 15.9. The summed E-state index contributed by atoms with van der Waals surface area (Å²) in [4.78, 5) is 40.9. The molecule has 1 aromatic carbocycles. The third kappa shape index (κ3) is 3.95. The minimum absolute atomic E-state index is 0.132. The van der Waals surface area contributed by atoms with E-state index < -0.39 is 0 Å². The van der Waals surface area contributed by atoms with Gasteiger partial charge in [-0.05, 0) is 43.4 Å². The Morgan fingerprint density at radius 3 is 2.50 bits per heavy atom. The van der Waals surface area contributed by atoms with Crippen LogP contribution in [-0.4, -0.2) is 48.8 Å². The Balaban J connectivity index is 1.26. The number of benzene rings is 1. The normalized spacial score (nSPS) is 27.2. The number of imide groups is 1. The molecule has 1 aromatic rings. The van der Waals surface area contributed by atoms with E-state index in [0.717, 1.165) is 49.7 Å². The molecule has 0 aromatic heterocycles. The molecule has 7 heteroatoms. The van der Waals surface area contributed by atoms with Crippen LogP contribution in [-0.2, 0) is 14.4 Å². The standard InChI is InChI=1S/C21H26BrN3O3/c22-15-4-3-5-16(10-15)24-9-8-14(12-24)11-23-19(26)13-25-20(27)17-6-1-2-7-18(17)21(25)28/h3-5,10,14,17-18H,1-2,6-9,11-13H2,(H,23,26)/t14-,17-,18+/m0/s1. The Labute approximate surface area is 173 Å². The van der Waals surface area contributed by atoms with E-state index in [2.05, 4.69) is 38.3 Å². The van der Waals surface area contributed by atoms with E-state index in [9.17, 15) is 14.4 Å². The molecule has 6 nitrogen and oxygen atoms in total. The lowest BCUT2D eigenvalue weighted by molar-refractivity contribution is -0.143. The van der Waals surface area contributed by atoms with Crippen LogP contribution in [0.2, 0.25) is 0 Å². The second kappa shape index (κ2) is 8.23. The van der Waals surface area contributed by atoms with Crippen LogP contribution in [0.3, 0.4) is 0 Å². The molecule has 1 N–H and O–H groups in total. The molecule has 4 rings (SSSR count). The smallest absolute Gasteiger partial charge is 0.240 e. The number of rotatable bonds is 5. The van der Waals surface area contributed by atoms with Gasteiger partial charge in [0.2, 0.25) is 17.7 Å². The average molecular weight is 448 g/mol. The van der Waals surface area contributed by atoms with Crippen molar-refractivity contribution < 1.29 is 14.4 Å². The summed E-state index contributed by atoms with van der Waals surface area (Å²) in [6.07, 6.45) is 4.56. The van der Waals surface area contributed by atoms with Crippen LogP contribution in [0, 0.1) is 17.8 Å². The first-order chi connectivity index (χ1) is 13.5. The summed E-state index contributed by atoms with van der Waals surface area (Å²) in [5.41, 5.74) is 1.18. The lowest BCUT2D eigenvalue weighted by atomic mass is 9.81.